The van der Waals surface area contributed by atoms with Crippen LogP contribution in [0.1, 0.15) is 36.5 Å². The van der Waals surface area contributed by atoms with Crippen LogP contribution >= 0.6 is 0 Å². The van der Waals surface area contributed by atoms with Crippen molar-refractivity contribution in [2.24, 2.45) is 0 Å². The lowest BCUT2D eigenvalue weighted by Crippen LogP contribution is -2.39. The van der Waals surface area contributed by atoms with E-state index in [4.69, 9.17) is 4.74 Å². The molecule has 1 aliphatic rings. The van der Waals surface area contributed by atoms with Gasteiger partial charge in [-0.2, -0.15) is 0 Å². The van der Waals surface area contributed by atoms with Gasteiger partial charge >= 0.3 is 0 Å². The van der Waals surface area contributed by atoms with Gasteiger partial charge in [0.1, 0.15) is 5.75 Å². The van der Waals surface area contributed by atoms with Gasteiger partial charge in [-0.05, 0) is 55.0 Å². The number of hydrogen-bond acceptors (Lipinski definition) is 2. The van der Waals surface area contributed by atoms with Crippen molar-refractivity contribution in [1.29, 1.82) is 0 Å². The monoisotopic (exact) mass is 309 g/mol. The Morgan fingerprint density at radius 1 is 1.09 bits per heavy atom. The number of nitrogens with zero attached hydrogens (tertiary/aromatic N) is 1. The average molecular weight is 309 g/mol. The molecule has 0 aromatic heterocycles. The number of methoxy groups -OCH3 is 1. The van der Waals surface area contributed by atoms with Gasteiger partial charge in [0.2, 0.25) is 0 Å². The van der Waals surface area contributed by atoms with Crippen LogP contribution in [0.4, 0.5) is 0 Å². The van der Waals surface area contributed by atoms with Gasteiger partial charge in [0.15, 0.2) is 0 Å². The van der Waals surface area contributed by atoms with Crippen molar-refractivity contribution < 1.29 is 4.74 Å². The molecule has 0 saturated heterocycles. The lowest BCUT2D eigenvalue weighted by molar-refractivity contribution is 0.170. The largest absolute Gasteiger partial charge is 0.496 e. The third kappa shape index (κ3) is 3.76. The van der Waals surface area contributed by atoms with Crippen LogP contribution < -0.4 is 4.74 Å². The molecule has 1 atom stereocenters. The molecule has 0 aliphatic heterocycles. The predicted octanol–water partition coefficient (Wildman–Crippen LogP) is 4.46. The summed E-state index contributed by atoms with van der Waals surface area (Å²) in [5, 5.41) is 0. The summed E-state index contributed by atoms with van der Waals surface area (Å²) in [6.07, 6.45) is 4.70. The Morgan fingerprint density at radius 2 is 1.91 bits per heavy atom. The smallest absolute Gasteiger partial charge is 0.122 e. The summed E-state index contributed by atoms with van der Waals surface area (Å²) >= 11 is 0. The summed E-state index contributed by atoms with van der Waals surface area (Å²) in [7, 11) is 1.78. The first-order valence-electron chi connectivity index (χ1n) is 8.74. The quantitative estimate of drug-likeness (QED) is 0.781. The van der Waals surface area contributed by atoms with Crippen molar-refractivity contribution in [1.82, 2.24) is 4.90 Å². The van der Waals surface area contributed by atoms with Crippen molar-refractivity contribution in [3.8, 4) is 5.75 Å². The fourth-order valence-corrected chi connectivity index (χ4v) is 3.74. The number of fused-ring (bicyclic) bond motifs is 1. The second kappa shape index (κ2) is 7.65. The van der Waals surface area contributed by atoms with E-state index in [0.717, 1.165) is 31.7 Å². The molecule has 1 aliphatic carbocycles. The Labute approximate surface area is 140 Å². The minimum Gasteiger partial charge on any atom is -0.496 e. The topological polar surface area (TPSA) is 12.5 Å². The second-order valence-electron chi connectivity index (χ2n) is 6.45. The third-order valence-electron chi connectivity index (χ3n) is 4.89. The number of ether oxygens (including phenoxy) is 1. The minimum atomic E-state index is 0.610. The number of hydrogen-bond donors (Lipinski definition) is 0. The van der Waals surface area contributed by atoms with Crippen LogP contribution in [0.15, 0.2) is 48.5 Å². The lowest BCUT2D eigenvalue weighted by atomic mass is 9.86. The van der Waals surface area contributed by atoms with E-state index in [1.807, 2.05) is 0 Å². The minimum absolute atomic E-state index is 0.610. The Balaban J connectivity index is 1.78. The molecule has 122 valence electrons. The van der Waals surface area contributed by atoms with E-state index in [2.05, 4.69) is 60.4 Å². The Morgan fingerprint density at radius 3 is 2.65 bits per heavy atom. The van der Waals surface area contributed by atoms with Gasteiger partial charge in [-0.25, -0.2) is 0 Å². The van der Waals surface area contributed by atoms with E-state index in [-0.39, 0.29) is 0 Å². The number of benzene rings is 2. The number of rotatable bonds is 6. The van der Waals surface area contributed by atoms with Gasteiger partial charge in [0.25, 0.3) is 0 Å². The standard InChI is InChI=1S/C21H27NO/c1-3-14-22(16-17-8-5-4-6-9-17)19-13-12-18-10-7-11-21(23-2)20(18)15-19/h4-11,19H,3,12-16H2,1-2H3. The molecular weight excluding hydrogens is 282 g/mol. The van der Waals surface area contributed by atoms with Gasteiger partial charge in [-0.1, -0.05) is 49.4 Å². The molecule has 2 aromatic rings. The van der Waals surface area contributed by atoms with Gasteiger partial charge in [0.05, 0.1) is 7.11 Å². The van der Waals surface area contributed by atoms with Crippen LogP contribution in [0.5, 0.6) is 5.75 Å². The first kappa shape index (κ1) is 16.1. The average Bonchev–Trinajstić information content (AvgIpc) is 2.61. The summed E-state index contributed by atoms with van der Waals surface area (Å²) in [6, 6.07) is 17.9. The maximum atomic E-state index is 5.60. The molecule has 3 rings (SSSR count). The summed E-state index contributed by atoms with van der Waals surface area (Å²) in [5.74, 6) is 1.06. The summed E-state index contributed by atoms with van der Waals surface area (Å²) in [6.45, 7) is 4.48. The molecule has 1 unspecified atom stereocenters. The fourth-order valence-electron chi connectivity index (χ4n) is 3.74. The first-order valence-corrected chi connectivity index (χ1v) is 8.74. The molecule has 2 nitrogen and oxygen atoms in total. The third-order valence-corrected chi connectivity index (χ3v) is 4.89. The molecule has 0 bridgehead atoms. The van der Waals surface area contributed by atoms with E-state index < -0.39 is 0 Å². The van der Waals surface area contributed by atoms with Crippen LogP contribution in [0, 0.1) is 0 Å². The Bertz CT molecular complexity index is 609. The van der Waals surface area contributed by atoms with Crippen LogP contribution in [-0.2, 0) is 19.4 Å². The van der Waals surface area contributed by atoms with Crippen molar-refractivity contribution in [3.05, 3.63) is 65.2 Å². The van der Waals surface area contributed by atoms with Gasteiger partial charge < -0.3 is 4.74 Å². The second-order valence-corrected chi connectivity index (χ2v) is 6.45. The Kier molecular flexibility index (Phi) is 5.35. The molecule has 0 saturated carbocycles. The summed E-state index contributed by atoms with van der Waals surface area (Å²) < 4.78 is 5.60. The van der Waals surface area contributed by atoms with Crippen LogP contribution in [0.2, 0.25) is 0 Å². The highest BCUT2D eigenvalue weighted by atomic mass is 16.5. The molecule has 23 heavy (non-hydrogen) atoms. The van der Waals surface area contributed by atoms with Crippen molar-refractivity contribution in [2.45, 2.75) is 45.2 Å². The molecule has 0 amide bonds. The maximum absolute atomic E-state index is 5.60. The zero-order valence-corrected chi connectivity index (χ0v) is 14.3. The van der Waals surface area contributed by atoms with E-state index in [0.29, 0.717) is 6.04 Å². The predicted molar refractivity (Wildman–Crippen MR) is 96.0 cm³/mol. The van der Waals surface area contributed by atoms with Crippen molar-refractivity contribution >= 4 is 0 Å². The van der Waals surface area contributed by atoms with E-state index >= 15 is 0 Å². The fraction of sp³-hybridized carbons (Fsp3) is 0.429. The highest BCUT2D eigenvalue weighted by Gasteiger charge is 2.25. The highest BCUT2D eigenvalue weighted by Crippen LogP contribution is 2.32. The van der Waals surface area contributed by atoms with Gasteiger partial charge in [0, 0.05) is 12.6 Å². The van der Waals surface area contributed by atoms with Crippen molar-refractivity contribution in [2.75, 3.05) is 13.7 Å². The van der Waals surface area contributed by atoms with Gasteiger partial charge in [-0.15, -0.1) is 0 Å². The van der Waals surface area contributed by atoms with E-state index in [9.17, 15) is 0 Å². The first-order chi connectivity index (χ1) is 11.3. The molecule has 0 spiro atoms. The summed E-state index contributed by atoms with van der Waals surface area (Å²) in [5.41, 5.74) is 4.30. The zero-order chi connectivity index (χ0) is 16.1. The van der Waals surface area contributed by atoms with E-state index in [1.165, 1.54) is 29.5 Å². The van der Waals surface area contributed by atoms with Crippen molar-refractivity contribution in [3.63, 3.8) is 0 Å². The van der Waals surface area contributed by atoms with E-state index in [1.54, 1.807) is 7.11 Å². The maximum Gasteiger partial charge on any atom is 0.122 e. The molecule has 0 radical (unpaired) electrons. The lowest BCUT2D eigenvalue weighted by Gasteiger charge is -2.35. The van der Waals surface area contributed by atoms with Crippen LogP contribution in [0.3, 0.4) is 0 Å². The Hall–Kier alpha value is -1.80. The van der Waals surface area contributed by atoms with Crippen LogP contribution in [0.25, 0.3) is 0 Å². The molecule has 2 heteroatoms. The number of aryl methyl sites for hydroxylation is 1. The highest BCUT2D eigenvalue weighted by molar-refractivity contribution is 5.42. The molecular formula is C21H27NO. The molecule has 2 aromatic carbocycles. The normalized spacial score (nSPS) is 17.1. The van der Waals surface area contributed by atoms with Gasteiger partial charge in [-0.3, -0.25) is 4.90 Å². The molecule has 0 fully saturated rings. The summed E-state index contributed by atoms with van der Waals surface area (Å²) in [4.78, 5) is 2.66. The molecule has 0 N–H and O–H groups in total. The molecule has 0 heterocycles. The zero-order valence-electron chi connectivity index (χ0n) is 14.3. The van der Waals surface area contributed by atoms with Crippen LogP contribution in [-0.4, -0.2) is 24.6 Å². The SMILES string of the molecule is CCCN(Cc1ccccc1)C1CCc2cccc(OC)c2C1.